The highest BCUT2D eigenvalue weighted by Gasteiger charge is 2.25. The summed E-state index contributed by atoms with van der Waals surface area (Å²) in [5.41, 5.74) is 1.57. The maximum Gasteiger partial charge on any atom is 0.509 e. The number of hydrogen-bond donors (Lipinski definition) is 0. The number of hydrogen-bond acceptors (Lipinski definition) is 1. The second kappa shape index (κ2) is 6.07. The van der Waals surface area contributed by atoms with Crippen LogP contribution in [-0.4, -0.2) is 6.98 Å². The molecule has 1 nitrogen and oxygen atoms in total. The Morgan fingerprint density at radius 2 is 1.59 bits per heavy atom. The van der Waals surface area contributed by atoms with E-state index in [0.717, 1.165) is 17.7 Å². The van der Waals surface area contributed by atoms with Crippen LogP contribution in [0.1, 0.15) is 31.9 Å². The lowest BCUT2D eigenvalue weighted by Crippen LogP contribution is -2.33. The van der Waals surface area contributed by atoms with Crippen molar-refractivity contribution in [2.75, 3.05) is 0 Å². The molecule has 22 heavy (non-hydrogen) atoms. The average Bonchev–Trinajstić information content (AvgIpc) is 2.44. The zero-order valence-corrected chi connectivity index (χ0v) is 12.9. The number of benzene rings is 2. The molecule has 2 aromatic rings. The molecule has 0 radical (unpaired) electrons. The van der Waals surface area contributed by atoms with Gasteiger partial charge in [0, 0.05) is 0 Å². The second-order valence-corrected chi connectivity index (χ2v) is 6.38. The van der Waals surface area contributed by atoms with Crippen molar-refractivity contribution in [2.24, 2.45) is 0 Å². The van der Waals surface area contributed by atoms with Gasteiger partial charge in [0.1, 0.15) is 12.4 Å². The van der Waals surface area contributed by atoms with Gasteiger partial charge in [-0.25, -0.2) is 0 Å². The van der Waals surface area contributed by atoms with Crippen LogP contribution < -0.4 is 10.2 Å². The summed E-state index contributed by atoms with van der Waals surface area (Å²) in [7, 11) is 0. The van der Waals surface area contributed by atoms with E-state index in [0.29, 0.717) is 0 Å². The zero-order chi connectivity index (χ0) is 16.4. The summed E-state index contributed by atoms with van der Waals surface area (Å²) < 4.78 is 43.5. The Balaban J connectivity index is 2.04. The fraction of sp³-hybridized carbons (Fsp3) is 0.294. The van der Waals surface area contributed by atoms with Crippen LogP contribution in [0.3, 0.4) is 0 Å². The van der Waals surface area contributed by atoms with Gasteiger partial charge in [-0.15, -0.1) is 5.46 Å². The van der Waals surface area contributed by atoms with Crippen molar-refractivity contribution >= 4 is 12.4 Å². The van der Waals surface area contributed by atoms with Gasteiger partial charge in [0.25, 0.3) is 0 Å². The molecule has 0 aromatic heterocycles. The van der Waals surface area contributed by atoms with Crippen LogP contribution >= 0.6 is 0 Å². The van der Waals surface area contributed by atoms with Crippen molar-refractivity contribution in [3.8, 4) is 5.75 Å². The van der Waals surface area contributed by atoms with E-state index in [1.807, 2.05) is 24.3 Å². The first kappa shape index (κ1) is 16.5. The van der Waals surface area contributed by atoms with E-state index in [4.69, 9.17) is 4.74 Å². The lowest BCUT2D eigenvalue weighted by molar-refractivity contribution is 0.306. The molecular weight excluding hydrogens is 288 g/mol. The summed E-state index contributed by atoms with van der Waals surface area (Å²) in [5.74, 6) is 0.233. The van der Waals surface area contributed by atoms with Gasteiger partial charge in [-0.1, -0.05) is 57.2 Å². The summed E-state index contributed by atoms with van der Waals surface area (Å²) in [5, 5.41) is 0. The van der Waals surface area contributed by atoms with Crippen molar-refractivity contribution in [3.63, 3.8) is 0 Å². The second-order valence-electron chi connectivity index (χ2n) is 6.38. The first-order chi connectivity index (χ1) is 10.2. The van der Waals surface area contributed by atoms with Crippen LogP contribution in [0.4, 0.5) is 12.9 Å². The first-order valence-corrected chi connectivity index (χ1v) is 7.18. The number of ether oxygens (including phenoxy) is 1. The smallest absolute Gasteiger partial charge is 0.489 e. The Morgan fingerprint density at radius 3 is 2.14 bits per heavy atom. The highest BCUT2D eigenvalue weighted by Crippen LogP contribution is 2.22. The van der Waals surface area contributed by atoms with E-state index in [2.05, 4.69) is 20.8 Å². The summed E-state index contributed by atoms with van der Waals surface area (Å²) in [6.07, 6.45) is 0. The molecule has 0 spiro atoms. The van der Waals surface area contributed by atoms with Gasteiger partial charge < -0.3 is 17.7 Å². The van der Waals surface area contributed by atoms with Crippen LogP contribution in [0.25, 0.3) is 0 Å². The third-order valence-electron chi connectivity index (χ3n) is 3.46. The van der Waals surface area contributed by atoms with E-state index >= 15 is 0 Å². The van der Waals surface area contributed by atoms with Crippen molar-refractivity contribution < 1.29 is 17.7 Å². The lowest BCUT2D eigenvalue weighted by atomic mass is 9.80. The van der Waals surface area contributed by atoms with Crippen LogP contribution in [0, 0.1) is 0 Å². The monoisotopic (exact) mass is 307 g/mol. The van der Waals surface area contributed by atoms with Gasteiger partial charge in [-0.2, -0.15) is 0 Å². The molecule has 0 saturated heterocycles. The SMILES string of the molecule is CC(C)(C)c1ccc(COc2cccc([B-](F)(F)F)c2)cc1. The van der Waals surface area contributed by atoms with E-state index in [-0.39, 0.29) is 17.8 Å². The van der Waals surface area contributed by atoms with E-state index in [1.165, 1.54) is 17.7 Å². The standard InChI is InChI=1S/C17H19BF3O/c1-17(2,3)14-9-7-13(8-10-14)12-22-16-6-4-5-15(11-16)18(19,20)21/h4-11H,12H2,1-3H3/q-1. The van der Waals surface area contributed by atoms with Gasteiger partial charge in [0.05, 0.1) is 0 Å². The maximum absolute atomic E-state index is 12.7. The summed E-state index contributed by atoms with van der Waals surface area (Å²) in [6.45, 7) is 1.64. The average molecular weight is 307 g/mol. The van der Waals surface area contributed by atoms with Crippen LogP contribution in [0.2, 0.25) is 0 Å². The van der Waals surface area contributed by atoms with Crippen LogP contribution in [-0.2, 0) is 12.0 Å². The third kappa shape index (κ3) is 4.29. The van der Waals surface area contributed by atoms with E-state index in [1.54, 1.807) is 0 Å². The third-order valence-corrected chi connectivity index (χ3v) is 3.46. The molecule has 0 aliphatic rings. The highest BCUT2D eigenvalue weighted by molar-refractivity contribution is 6.73. The first-order valence-electron chi connectivity index (χ1n) is 7.18. The minimum Gasteiger partial charge on any atom is -0.489 e. The Hall–Kier alpha value is -1.91. The van der Waals surface area contributed by atoms with Crippen molar-refractivity contribution in [2.45, 2.75) is 32.8 Å². The zero-order valence-electron chi connectivity index (χ0n) is 12.9. The fourth-order valence-electron chi connectivity index (χ4n) is 2.08. The summed E-state index contributed by atoms with van der Waals surface area (Å²) >= 11 is 0. The molecule has 0 bridgehead atoms. The number of halogens is 3. The minimum absolute atomic E-state index is 0.0719. The largest absolute Gasteiger partial charge is 0.509 e. The van der Waals surface area contributed by atoms with Crippen molar-refractivity contribution in [1.82, 2.24) is 0 Å². The topological polar surface area (TPSA) is 9.23 Å². The van der Waals surface area contributed by atoms with Gasteiger partial charge in [-0.3, -0.25) is 0 Å². The molecule has 0 fully saturated rings. The Morgan fingerprint density at radius 1 is 0.955 bits per heavy atom. The minimum atomic E-state index is -5.00. The molecule has 2 rings (SSSR count). The molecule has 0 heterocycles. The lowest BCUT2D eigenvalue weighted by Gasteiger charge is -2.19. The molecule has 0 atom stereocenters. The van der Waals surface area contributed by atoms with Crippen molar-refractivity contribution in [3.05, 3.63) is 59.7 Å². The predicted molar refractivity (Wildman–Crippen MR) is 84.6 cm³/mol. The summed E-state index contributed by atoms with van der Waals surface area (Å²) in [4.78, 5) is 0. The van der Waals surface area contributed by atoms with Gasteiger partial charge in [-0.05, 0) is 28.7 Å². The van der Waals surface area contributed by atoms with Gasteiger partial charge in [0.15, 0.2) is 0 Å². The Kier molecular flexibility index (Phi) is 4.54. The highest BCUT2D eigenvalue weighted by atomic mass is 19.4. The summed E-state index contributed by atoms with van der Waals surface area (Å²) in [6, 6.07) is 12.9. The maximum atomic E-state index is 12.7. The molecule has 0 aliphatic carbocycles. The van der Waals surface area contributed by atoms with E-state index < -0.39 is 12.4 Å². The van der Waals surface area contributed by atoms with Crippen LogP contribution in [0.15, 0.2) is 48.5 Å². The Labute approximate surface area is 129 Å². The molecular formula is C17H19BF3O-. The van der Waals surface area contributed by atoms with Gasteiger partial charge >= 0.3 is 6.98 Å². The van der Waals surface area contributed by atoms with Crippen LogP contribution in [0.5, 0.6) is 5.75 Å². The molecule has 0 N–H and O–H groups in total. The molecule has 2 aromatic carbocycles. The molecule has 118 valence electrons. The molecule has 0 saturated carbocycles. The fourth-order valence-corrected chi connectivity index (χ4v) is 2.08. The normalized spacial score (nSPS) is 12.3. The van der Waals surface area contributed by atoms with Gasteiger partial charge in [0.2, 0.25) is 0 Å². The van der Waals surface area contributed by atoms with E-state index in [9.17, 15) is 12.9 Å². The Bertz CT molecular complexity index is 628. The molecule has 0 aliphatic heterocycles. The molecule has 0 unspecified atom stereocenters. The molecule has 5 heteroatoms. The molecule has 0 amide bonds. The predicted octanol–water partition coefficient (Wildman–Crippen LogP) is 4.62. The number of rotatable bonds is 4. The quantitative estimate of drug-likeness (QED) is 0.749. The van der Waals surface area contributed by atoms with Crippen molar-refractivity contribution in [1.29, 1.82) is 0 Å².